The number of hydrogen-bond acceptors (Lipinski definition) is 4. The van der Waals surface area contributed by atoms with Gasteiger partial charge in [-0.15, -0.1) is 0 Å². The molecule has 0 saturated heterocycles. The fourth-order valence-corrected chi connectivity index (χ4v) is 1.98. The molecule has 4 heteroatoms. The van der Waals surface area contributed by atoms with Gasteiger partial charge in [0.05, 0.1) is 0 Å². The second-order valence-corrected chi connectivity index (χ2v) is 5.01. The molecule has 100 valence electrons. The minimum Gasteiger partial charge on any atom is -0.373 e. The van der Waals surface area contributed by atoms with Gasteiger partial charge in [0, 0.05) is 25.6 Å². The van der Waals surface area contributed by atoms with Crippen molar-refractivity contribution in [3.8, 4) is 0 Å². The minimum absolute atomic E-state index is 0.596. The van der Waals surface area contributed by atoms with Crippen LogP contribution in [-0.2, 0) is 0 Å². The molecule has 1 fully saturated rings. The zero-order chi connectivity index (χ0) is 12.8. The van der Waals surface area contributed by atoms with Crippen molar-refractivity contribution in [1.82, 2.24) is 9.97 Å². The molecule has 0 unspecified atom stereocenters. The van der Waals surface area contributed by atoms with E-state index in [2.05, 4.69) is 27.5 Å². The van der Waals surface area contributed by atoms with Crippen LogP contribution < -0.4 is 10.6 Å². The predicted molar refractivity (Wildman–Crippen MR) is 76.2 cm³/mol. The molecule has 0 atom stereocenters. The molecule has 1 aromatic heterocycles. The second kappa shape index (κ2) is 6.57. The first-order valence-electron chi connectivity index (χ1n) is 7.14. The highest BCUT2D eigenvalue weighted by Gasteiger charge is 2.27. The summed E-state index contributed by atoms with van der Waals surface area (Å²) in [4.78, 5) is 9.11. The second-order valence-electron chi connectivity index (χ2n) is 5.01. The maximum absolute atomic E-state index is 4.60. The van der Waals surface area contributed by atoms with E-state index in [4.69, 9.17) is 0 Å². The zero-order valence-electron chi connectivity index (χ0n) is 11.5. The summed E-state index contributed by atoms with van der Waals surface area (Å²) in [6.45, 7) is 3.24. The van der Waals surface area contributed by atoms with Gasteiger partial charge in [0.25, 0.3) is 0 Å². The molecule has 1 aromatic rings. The molecule has 1 saturated carbocycles. The normalized spacial score (nSPS) is 14.6. The summed E-state index contributed by atoms with van der Waals surface area (Å²) in [5.74, 6) is 3.48. The monoisotopic (exact) mass is 248 g/mol. The van der Waals surface area contributed by atoms with E-state index in [0.717, 1.165) is 24.0 Å². The minimum atomic E-state index is 0.596. The molecule has 0 aliphatic heterocycles. The molecule has 18 heavy (non-hydrogen) atoms. The summed E-state index contributed by atoms with van der Waals surface area (Å²) in [5, 5.41) is 6.52. The Labute approximate surface area is 110 Å². The predicted octanol–water partition coefficient (Wildman–Crippen LogP) is 3.39. The van der Waals surface area contributed by atoms with Gasteiger partial charge in [-0.2, -0.15) is 0 Å². The Bertz CT molecular complexity index is 374. The van der Waals surface area contributed by atoms with Crippen LogP contribution in [0.1, 0.15) is 57.2 Å². The maximum Gasteiger partial charge on any atom is 0.136 e. The summed E-state index contributed by atoms with van der Waals surface area (Å²) >= 11 is 0. The van der Waals surface area contributed by atoms with E-state index in [1.165, 1.54) is 38.5 Å². The van der Waals surface area contributed by atoms with Crippen molar-refractivity contribution in [2.24, 2.45) is 0 Å². The van der Waals surface area contributed by atoms with Crippen molar-refractivity contribution < 1.29 is 0 Å². The number of rotatable bonds is 8. The van der Waals surface area contributed by atoms with E-state index >= 15 is 0 Å². The van der Waals surface area contributed by atoms with Crippen LogP contribution in [0.15, 0.2) is 6.07 Å². The lowest BCUT2D eigenvalue weighted by atomic mass is 10.2. The van der Waals surface area contributed by atoms with Crippen LogP contribution in [0.3, 0.4) is 0 Å². The fourth-order valence-electron chi connectivity index (χ4n) is 1.98. The van der Waals surface area contributed by atoms with Crippen LogP contribution in [0.2, 0.25) is 0 Å². The van der Waals surface area contributed by atoms with Crippen LogP contribution in [0.5, 0.6) is 0 Å². The number of anilines is 2. The molecule has 2 N–H and O–H groups in total. The first-order valence-corrected chi connectivity index (χ1v) is 7.14. The molecule has 0 radical (unpaired) electrons. The lowest BCUT2D eigenvalue weighted by Gasteiger charge is -2.09. The van der Waals surface area contributed by atoms with Gasteiger partial charge in [0.2, 0.25) is 0 Å². The van der Waals surface area contributed by atoms with Crippen LogP contribution in [-0.4, -0.2) is 23.6 Å². The standard InChI is InChI=1S/C14H24N4/c1-3-4-5-6-9-16-13-10-12(15-2)17-14(18-13)11-7-8-11/h10-11H,3-9H2,1-2H3,(H2,15,16,17,18). The SMILES string of the molecule is CCCCCCNc1cc(NC)nc(C2CC2)n1. The summed E-state index contributed by atoms with van der Waals surface area (Å²) in [6.07, 6.45) is 7.59. The van der Waals surface area contributed by atoms with Gasteiger partial charge in [-0.05, 0) is 19.3 Å². The van der Waals surface area contributed by atoms with E-state index in [1.54, 1.807) is 0 Å². The molecule has 0 bridgehead atoms. The van der Waals surface area contributed by atoms with Gasteiger partial charge >= 0.3 is 0 Å². The number of unbranched alkanes of at least 4 members (excludes halogenated alkanes) is 3. The Morgan fingerprint density at radius 3 is 2.61 bits per heavy atom. The molecule has 0 aromatic carbocycles. The van der Waals surface area contributed by atoms with Crippen LogP contribution >= 0.6 is 0 Å². The zero-order valence-corrected chi connectivity index (χ0v) is 11.5. The van der Waals surface area contributed by atoms with Gasteiger partial charge < -0.3 is 10.6 Å². The van der Waals surface area contributed by atoms with Crippen LogP contribution in [0.25, 0.3) is 0 Å². The largest absolute Gasteiger partial charge is 0.373 e. The first kappa shape index (κ1) is 13.1. The summed E-state index contributed by atoms with van der Waals surface area (Å²) in [7, 11) is 1.91. The molecule has 1 aliphatic rings. The molecular formula is C14H24N4. The van der Waals surface area contributed by atoms with E-state index in [0.29, 0.717) is 5.92 Å². The number of hydrogen-bond donors (Lipinski definition) is 2. The quantitative estimate of drug-likeness (QED) is 0.692. The highest BCUT2D eigenvalue weighted by Crippen LogP contribution is 2.38. The van der Waals surface area contributed by atoms with Crippen molar-refractivity contribution in [3.05, 3.63) is 11.9 Å². The van der Waals surface area contributed by atoms with Gasteiger partial charge in [-0.1, -0.05) is 26.2 Å². The Hall–Kier alpha value is -1.32. The Morgan fingerprint density at radius 1 is 1.17 bits per heavy atom. The lowest BCUT2D eigenvalue weighted by molar-refractivity contribution is 0.684. The maximum atomic E-state index is 4.60. The molecule has 0 spiro atoms. The lowest BCUT2D eigenvalue weighted by Crippen LogP contribution is -2.07. The summed E-state index contributed by atoms with van der Waals surface area (Å²) < 4.78 is 0. The third-order valence-electron chi connectivity index (χ3n) is 3.28. The van der Waals surface area contributed by atoms with Gasteiger partial charge in [0.15, 0.2) is 0 Å². The first-order chi connectivity index (χ1) is 8.83. The van der Waals surface area contributed by atoms with E-state index in [9.17, 15) is 0 Å². The molecule has 1 heterocycles. The van der Waals surface area contributed by atoms with E-state index in [1.807, 2.05) is 13.1 Å². The summed E-state index contributed by atoms with van der Waals surface area (Å²) in [6, 6.07) is 1.99. The van der Waals surface area contributed by atoms with Gasteiger partial charge in [-0.25, -0.2) is 9.97 Å². The van der Waals surface area contributed by atoms with Gasteiger partial charge in [-0.3, -0.25) is 0 Å². The van der Waals surface area contributed by atoms with Crippen molar-refractivity contribution in [1.29, 1.82) is 0 Å². The van der Waals surface area contributed by atoms with Crippen molar-refractivity contribution in [3.63, 3.8) is 0 Å². The number of aromatic nitrogens is 2. The Kier molecular flexibility index (Phi) is 4.79. The topological polar surface area (TPSA) is 49.8 Å². The van der Waals surface area contributed by atoms with Crippen molar-refractivity contribution >= 4 is 11.6 Å². The number of nitrogens with zero attached hydrogens (tertiary/aromatic N) is 2. The average Bonchev–Trinajstić information content (AvgIpc) is 3.22. The van der Waals surface area contributed by atoms with E-state index < -0.39 is 0 Å². The Morgan fingerprint density at radius 2 is 1.94 bits per heavy atom. The molecule has 0 amide bonds. The smallest absolute Gasteiger partial charge is 0.136 e. The van der Waals surface area contributed by atoms with Crippen LogP contribution in [0, 0.1) is 0 Å². The summed E-state index contributed by atoms with van der Waals surface area (Å²) in [5.41, 5.74) is 0. The van der Waals surface area contributed by atoms with Crippen molar-refractivity contribution in [2.45, 2.75) is 51.4 Å². The fraction of sp³-hybridized carbons (Fsp3) is 0.714. The van der Waals surface area contributed by atoms with Crippen LogP contribution in [0.4, 0.5) is 11.6 Å². The molecular weight excluding hydrogens is 224 g/mol. The average molecular weight is 248 g/mol. The van der Waals surface area contributed by atoms with Crippen molar-refractivity contribution in [2.75, 3.05) is 24.2 Å². The number of nitrogens with one attached hydrogen (secondary N) is 2. The third-order valence-corrected chi connectivity index (χ3v) is 3.28. The molecule has 2 rings (SSSR count). The highest BCUT2D eigenvalue weighted by molar-refractivity contribution is 5.47. The molecule has 4 nitrogen and oxygen atoms in total. The third kappa shape index (κ3) is 3.86. The highest BCUT2D eigenvalue weighted by atomic mass is 15.1. The Balaban J connectivity index is 1.88. The molecule has 1 aliphatic carbocycles. The van der Waals surface area contributed by atoms with E-state index in [-0.39, 0.29) is 0 Å². The van der Waals surface area contributed by atoms with Gasteiger partial charge in [0.1, 0.15) is 17.5 Å².